The minimum atomic E-state index is 0.932. The van der Waals surface area contributed by atoms with Gasteiger partial charge in [-0.2, -0.15) is 0 Å². The number of aliphatic imine (C=N–C) groups is 1. The van der Waals surface area contributed by atoms with Crippen molar-refractivity contribution in [2.75, 3.05) is 7.05 Å². The molecule has 1 aromatic carbocycles. The van der Waals surface area contributed by atoms with Crippen LogP contribution in [0.15, 0.2) is 71.8 Å². The maximum Gasteiger partial charge on any atom is 0.298 e. The molecule has 3 heteroatoms. The van der Waals surface area contributed by atoms with Gasteiger partial charge in [0.2, 0.25) is 5.82 Å². The standard InChI is InChI=1S/C19H20N3/c1-14-9-5-7-11-17(14)21(3)15(2)20-19-13-16-10-6-8-12-18(16)22(19)4/h5-13H,1H2,2-4H3/q+1. The van der Waals surface area contributed by atoms with Crippen LogP contribution < -0.4 is 0 Å². The van der Waals surface area contributed by atoms with Gasteiger partial charge in [0, 0.05) is 31.0 Å². The van der Waals surface area contributed by atoms with Crippen LogP contribution in [0.5, 0.6) is 0 Å². The fraction of sp³-hybridized carbons (Fsp3) is 0.158. The highest BCUT2D eigenvalue weighted by Gasteiger charge is 2.15. The van der Waals surface area contributed by atoms with E-state index >= 15 is 0 Å². The van der Waals surface area contributed by atoms with Crippen molar-refractivity contribution in [1.29, 1.82) is 0 Å². The lowest BCUT2D eigenvalue weighted by Gasteiger charge is -2.07. The Morgan fingerprint density at radius 1 is 1.18 bits per heavy atom. The first-order valence-corrected chi connectivity index (χ1v) is 7.32. The topological polar surface area (TPSA) is 20.3 Å². The largest absolute Gasteiger partial charge is 0.308 e. The summed E-state index contributed by atoms with van der Waals surface area (Å²) in [6.07, 6.45) is 8.08. The summed E-state index contributed by atoms with van der Waals surface area (Å²) in [4.78, 5) is 4.79. The summed E-state index contributed by atoms with van der Waals surface area (Å²) in [6, 6.07) is 10.4. The molecule has 0 amide bonds. The molecule has 3 nitrogen and oxygen atoms in total. The molecule has 0 saturated carbocycles. The number of nitrogens with zero attached hydrogens (tertiary/aromatic N) is 3. The van der Waals surface area contributed by atoms with Gasteiger partial charge in [0.25, 0.3) is 5.84 Å². The van der Waals surface area contributed by atoms with Crippen LogP contribution in [0.4, 0.5) is 5.82 Å². The van der Waals surface area contributed by atoms with Crippen molar-refractivity contribution in [1.82, 2.24) is 4.57 Å². The molecule has 110 valence electrons. The second-order valence-corrected chi connectivity index (χ2v) is 5.47. The van der Waals surface area contributed by atoms with Crippen molar-refractivity contribution in [2.45, 2.75) is 6.92 Å². The summed E-state index contributed by atoms with van der Waals surface area (Å²) in [5.41, 5.74) is 3.26. The molecule has 0 atom stereocenters. The maximum absolute atomic E-state index is 4.79. The van der Waals surface area contributed by atoms with E-state index in [4.69, 9.17) is 4.99 Å². The van der Waals surface area contributed by atoms with Gasteiger partial charge in [0.05, 0.1) is 12.6 Å². The smallest absolute Gasteiger partial charge is 0.298 e. The minimum Gasteiger partial charge on any atom is -0.308 e. The number of aryl methyl sites for hydroxylation is 1. The zero-order valence-electron chi connectivity index (χ0n) is 13.2. The van der Waals surface area contributed by atoms with Crippen LogP contribution in [0.3, 0.4) is 0 Å². The molecular formula is C19H20N3+. The van der Waals surface area contributed by atoms with Gasteiger partial charge in [-0.3, -0.25) is 0 Å². The Balaban J connectivity index is 2.05. The summed E-state index contributed by atoms with van der Waals surface area (Å²) < 4.78 is 4.18. The lowest BCUT2D eigenvalue weighted by Crippen LogP contribution is -2.22. The molecule has 0 radical (unpaired) electrons. The van der Waals surface area contributed by atoms with Gasteiger partial charge in [0.1, 0.15) is 5.71 Å². The molecule has 1 aromatic heterocycles. The molecule has 0 unspecified atom stereocenters. The van der Waals surface area contributed by atoms with Crippen LogP contribution in [0.2, 0.25) is 0 Å². The predicted molar refractivity (Wildman–Crippen MR) is 94.3 cm³/mol. The van der Waals surface area contributed by atoms with E-state index in [1.54, 1.807) is 0 Å². The summed E-state index contributed by atoms with van der Waals surface area (Å²) in [6.45, 7) is 6.10. The highest BCUT2D eigenvalue weighted by atomic mass is 15.1. The lowest BCUT2D eigenvalue weighted by molar-refractivity contribution is -0.370. The highest BCUT2D eigenvalue weighted by molar-refractivity contribution is 6.09. The van der Waals surface area contributed by atoms with E-state index in [-0.39, 0.29) is 0 Å². The molecule has 0 saturated heterocycles. The van der Waals surface area contributed by atoms with Crippen molar-refractivity contribution in [3.8, 4) is 0 Å². The SMILES string of the molecule is C=C1C=CC=CC1=[N+](C)C(C)=Nc1cc2ccccc2n1C. The van der Waals surface area contributed by atoms with E-state index in [2.05, 4.69) is 40.0 Å². The number of hydrogen-bond donors (Lipinski definition) is 0. The number of allylic oxidation sites excluding steroid dienone is 5. The number of fused-ring (bicyclic) bond motifs is 1. The second kappa shape index (κ2) is 5.60. The molecular weight excluding hydrogens is 270 g/mol. The third kappa shape index (κ3) is 2.46. The van der Waals surface area contributed by atoms with Crippen LogP contribution in [-0.2, 0) is 7.05 Å². The van der Waals surface area contributed by atoms with E-state index in [9.17, 15) is 0 Å². The third-order valence-corrected chi connectivity index (χ3v) is 4.04. The number of para-hydroxylation sites is 1. The Morgan fingerprint density at radius 2 is 1.91 bits per heavy atom. The fourth-order valence-electron chi connectivity index (χ4n) is 2.63. The Kier molecular flexibility index (Phi) is 3.63. The van der Waals surface area contributed by atoms with Gasteiger partial charge in [0.15, 0.2) is 0 Å². The van der Waals surface area contributed by atoms with Crippen molar-refractivity contribution < 1.29 is 4.58 Å². The number of benzene rings is 1. The van der Waals surface area contributed by atoms with Gasteiger partial charge in [-0.1, -0.05) is 43.0 Å². The van der Waals surface area contributed by atoms with Gasteiger partial charge >= 0.3 is 0 Å². The quantitative estimate of drug-likeness (QED) is 0.430. The zero-order valence-corrected chi connectivity index (χ0v) is 13.2. The normalized spacial score (nSPS) is 17.4. The molecule has 0 aliphatic heterocycles. The Labute approximate surface area is 130 Å². The predicted octanol–water partition coefficient (Wildman–Crippen LogP) is 3.99. The summed E-state index contributed by atoms with van der Waals surface area (Å²) in [5.74, 6) is 1.88. The molecule has 0 fully saturated rings. The fourth-order valence-corrected chi connectivity index (χ4v) is 2.63. The van der Waals surface area contributed by atoms with E-state index in [1.165, 1.54) is 10.9 Å². The van der Waals surface area contributed by atoms with Crippen LogP contribution >= 0.6 is 0 Å². The first-order valence-electron chi connectivity index (χ1n) is 7.32. The molecule has 1 aliphatic rings. The third-order valence-electron chi connectivity index (χ3n) is 4.04. The molecule has 1 heterocycles. The monoisotopic (exact) mass is 290 g/mol. The Bertz CT molecular complexity index is 873. The molecule has 2 aromatic rings. The zero-order chi connectivity index (χ0) is 15.7. The summed E-state index contributed by atoms with van der Waals surface area (Å²) >= 11 is 0. The van der Waals surface area contributed by atoms with E-state index in [0.717, 1.165) is 22.9 Å². The van der Waals surface area contributed by atoms with Gasteiger partial charge in [-0.25, -0.2) is 4.58 Å². The van der Waals surface area contributed by atoms with Crippen LogP contribution in [0, 0.1) is 0 Å². The molecule has 1 aliphatic carbocycles. The minimum absolute atomic E-state index is 0.932. The molecule has 3 rings (SSSR count). The number of hydrogen-bond acceptors (Lipinski definition) is 1. The highest BCUT2D eigenvalue weighted by Crippen LogP contribution is 2.24. The number of aromatic nitrogens is 1. The van der Waals surface area contributed by atoms with Crippen molar-refractivity contribution in [3.05, 3.63) is 66.8 Å². The van der Waals surface area contributed by atoms with Gasteiger partial charge in [-0.15, -0.1) is 0 Å². The molecule has 0 bridgehead atoms. The first-order chi connectivity index (χ1) is 10.6. The van der Waals surface area contributed by atoms with Crippen molar-refractivity contribution in [2.24, 2.45) is 12.0 Å². The summed E-state index contributed by atoms with van der Waals surface area (Å²) in [5, 5.41) is 1.21. The van der Waals surface area contributed by atoms with Crippen LogP contribution in [0.25, 0.3) is 10.9 Å². The van der Waals surface area contributed by atoms with Gasteiger partial charge in [-0.05, 0) is 17.1 Å². The Morgan fingerprint density at radius 3 is 2.64 bits per heavy atom. The Hall–Kier alpha value is -2.68. The number of rotatable bonds is 1. The second-order valence-electron chi connectivity index (χ2n) is 5.47. The van der Waals surface area contributed by atoms with E-state index < -0.39 is 0 Å². The van der Waals surface area contributed by atoms with Crippen molar-refractivity contribution in [3.63, 3.8) is 0 Å². The molecule has 0 spiro atoms. The molecule has 22 heavy (non-hydrogen) atoms. The van der Waals surface area contributed by atoms with Crippen LogP contribution in [0.1, 0.15) is 6.92 Å². The summed E-state index contributed by atoms with van der Waals surface area (Å²) in [7, 11) is 4.06. The number of amidine groups is 1. The average Bonchev–Trinajstić information content (AvgIpc) is 2.84. The lowest BCUT2D eigenvalue weighted by atomic mass is 10.1. The van der Waals surface area contributed by atoms with Crippen LogP contribution in [-0.4, -0.2) is 27.7 Å². The molecule has 0 N–H and O–H groups in total. The average molecular weight is 290 g/mol. The maximum atomic E-state index is 4.79. The van der Waals surface area contributed by atoms with E-state index in [1.807, 2.05) is 51.4 Å². The van der Waals surface area contributed by atoms with Gasteiger partial charge < -0.3 is 4.57 Å². The van der Waals surface area contributed by atoms with E-state index in [0.29, 0.717) is 0 Å². The van der Waals surface area contributed by atoms with Crippen molar-refractivity contribution >= 4 is 28.3 Å². The first kappa shape index (κ1) is 14.3.